The molecule has 0 aliphatic heterocycles. The van der Waals surface area contributed by atoms with E-state index in [4.69, 9.17) is 0 Å². The molecule has 0 saturated carbocycles. The maximum absolute atomic E-state index is 2.51. The lowest BCUT2D eigenvalue weighted by Crippen LogP contribution is -2.18. The summed E-state index contributed by atoms with van der Waals surface area (Å²) in [5, 5.41) is 4.90. The Morgan fingerprint density at radius 3 is 0.861 bits per heavy atom. The first-order valence-electron chi connectivity index (χ1n) is 47.8. The number of hydrogen-bond acceptors (Lipinski definition) is 5. The average Bonchev–Trinajstić information content (AvgIpc) is 1.54. The Morgan fingerprint density at radius 1 is 0.161 bits per heavy atom. The van der Waals surface area contributed by atoms with Crippen molar-refractivity contribution in [3.8, 4) is 55.6 Å². The third kappa shape index (κ3) is 15.3. The number of fused-ring (bicyclic) bond motifs is 14. The van der Waals surface area contributed by atoms with E-state index in [2.05, 4.69) is 576 Å². The zero-order valence-electron chi connectivity index (χ0n) is 77.8. The van der Waals surface area contributed by atoms with Crippen LogP contribution in [0.15, 0.2) is 510 Å². The maximum Gasteiger partial charge on any atom is 0.0540 e. The highest BCUT2D eigenvalue weighted by Gasteiger charge is 2.43. The van der Waals surface area contributed by atoms with Crippen molar-refractivity contribution < 1.29 is 0 Å². The van der Waals surface area contributed by atoms with Crippen molar-refractivity contribution in [1.82, 2.24) is 0 Å². The Bertz CT molecular complexity index is 7600. The van der Waals surface area contributed by atoms with E-state index in [1.54, 1.807) is 0 Å². The fourth-order valence-electron chi connectivity index (χ4n) is 22.0. The number of para-hydroxylation sites is 7. The van der Waals surface area contributed by atoms with Crippen LogP contribution < -0.4 is 24.5 Å². The summed E-state index contributed by atoms with van der Waals surface area (Å²) in [5.74, 6) is 0.250. The molecule has 0 aromatic heterocycles. The van der Waals surface area contributed by atoms with E-state index in [0.717, 1.165) is 62.6 Å². The normalized spacial score (nSPS) is 13.6. The molecule has 21 aromatic carbocycles. The fourth-order valence-corrected chi connectivity index (χ4v) is 22.0. The molecule has 1 unspecified atom stereocenters. The molecule has 0 amide bonds. The van der Waals surface area contributed by atoms with Gasteiger partial charge in [0, 0.05) is 107 Å². The smallest absolute Gasteiger partial charge is 0.0540 e. The monoisotopic (exact) mass is 1760 g/mol. The van der Waals surface area contributed by atoms with Gasteiger partial charge in [-0.15, -0.1) is 0 Å². The molecule has 4 aliphatic rings. The Balaban J connectivity index is 0.000000116. The summed E-state index contributed by atoms with van der Waals surface area (Å²) < 4.78 is 0. The molecule has 5 nitrogen and oxygen atoms in total. The largest absolute Gasteiger partial charge is 0.310 e. The van der Waals surface area contributed by atoms with Gasteiger partial charge in [-0.05, 0) is 298 Å². The zero-order valence-corrected chi connectivity index (χ0v) is 77.8. The van der Waals surface area contributed by atoms with Crippen molar-refractivity contribution in [3.05, 3.63) is 560 Å². The number of anilines is 15. The van der Waals surface area contributed by atoms with Gasteiger partial charge in [-0.25, -0.2) is 0 Å². The van der Waals surface area contributed by atoms with E-state index in [9.17, 15) is 0 Å². The molecule has 21 aromatic rings. The van der Waals surface area contributed by atoms with Crippen LogP contribution in [0.25, 0.3) is 77.2 Å². The first-order chi connectivity index (χ1) is 67.3. The minimum atomic E-state index is -0.154. The van der Waals surface area contributed by atoms with Gasteiger partial charge in [0.15, 0.2) is 0 Å². The first-order valence-corrected chi connectivity index (χ1v) is 47.8. The summed E-state index contributed by atoms with van der Waals surface area (Å²) >= 11 is 0. The summed E-state index contributed by atoms with van der Waals surface area (Å²) in [6.45, 7) is 14.3. The Morgan fingerprint density at radius 2 is 0.431 bits per heavy atom. The van der Waals surface area contributed by atoms with Crippen molar-refractivity contribution in [2.24, 2.45) is 0 Å². The lowest BCUT2D eigenvalue weighted by Gasteiger charge is -2.28. The van der Waals surface area contributed by atoms with Crippen molar-refractivity contribution in [2.75, 3.05) is 24.5 Å². The quantitative estimate of drug-likeness (QED) is 0.0900. The molecule has 0 saturated heterocycles. The number of hydrogen-bond donors (Lipinski definition) is 0. The minimum Gasteiger partial charge on any atom is -0.310 e. The van der Waals surface area contributed by atoms with E-state index >= 15 is 0 Å². The molecule has 0 bridgehead atoms. The van der Waals surface area contributed by atoms with Gasteiger partial charge >= 0.3 is 0 Å². The number of benzene rings is 21. The van der Waals surface area contributed by atoms with Crippen LogP contribution in [0.2, 0.25) is 0 Å². The molecule has 5 heteroatoms. The Kier molecular flexibility index (Phi) is 21.7. The molecule has 137 heavy (non-hydrogen) atoms. The Labute approximate surface area is 804 Å². The molecule has 4 aliphatic carbocycles. The van der Waals surface area contributed by atoms with Crippen LogP contribution >= 0.6 is 0 Å². The van der Waals surface area contributed by atoms with Gasteiger partial charge in [-0.2, -0.15) is 0 Å². The molecule has 0 N–H and O–H groups in total. The van der Waals surface area contributed by atoms with Crippen LogP contribution in [0.3, 0.4) is 0 Å². The van der Waals surface area contributed by atoms with Crippen LogP contribution in [0.1, 0.15) is 97.5 Å². The molecule has 1 atom stereocenters. The highest BCUT2D eigenvalue weighted by molar-refractivity contribution is 6.02. The first kappa shape index (κ1) is 84.4. The summed E-state index contributed by atoms with van der Waals surface area (Å²) in [4.78, 5) is 11.8. The van der Waals surface area contributed by atoms with Gasteiger partial charge in [0.25, 0.3) is 0 Å². The highest BCUT2D eigenvalue weighted by Crippen LogP contribution is 2.60. The summed E-state index contributed by atoms with van der Waals surface area (Å²) in [6.07, 6.45) is 0. The minimum absolute atomic E-state index is 0.00817. The van der Waals surface area contributed by atoms with Crippen molar-refractivity contribution in [3.63, 3.8) is 0 Å². The van der Waals surface area contributed by atoms with Crippen LogP contribution in [-0.2, 0) is 16.2 Å². The second-order valence-electron chi connectivity index (χ2n) is 37.9. The second-order valence-corrected chi connectivity index (χ2v) is 37.9. The zero-order chi connectivity index (χ0) is 92.3. The number of rotatable bonds is 17. The standard InChI is InChI=1S/C48H40N2.C44H32N2.C40H31N/c1-47(2)43-29-37(49(33-17-9-5-10-18-33)34-19-11-6-12-20-34)25-27-39(43)41-32-46-42(31-45(41)47)40-28-26-38(30-44(40)48(46,3)4)50(35-21-13-7-14-22-35)36-23-15-8-16-24-36;1-3-17-37(18-4-1)45(43-23-11-15-35-13-7-9-21-41(35)43)39-29-25-33(26-30-39)34-27-31-40(32-28-34)46(38-19-5-2-6-20-38)44-24-12-16-36-14-8-10-22-42(36)44;1-40(2)37-20-12-11-18-32(37)36-26-30(22-24-38(36)40)41(28-15-7-4-8-16-28)29-21-23-34-35(25-29)31-17-9-10-19-33(31)39(34)27-13-5-3-6-14-27/h5-32H,1-4H3;1-32H;3-26,39H,1-2H3. The molecular formula is C132H103N5. The van der Waals surface area contributed by atoms with Crippen molar-refractivity contribution in [2.45, 2.75) is 63.7 Å². The second kappa shape index (κ2) is 35.3. The van der Waals surface area contributed by atoms with Gasteiger partial charge in [0.05, 0.1) is 11.4 Å². The fraction of sp³-hybridized carbons (Fsp3) is 0.0758. The summed E-state index contributed by atoms with van der Waals surface area (Å²) in [5.41, 5.74) is 42.5. The van der Waals surface area contributed by atoms with Gasteiger partial charge in [0.1, 0.15) is 0 Å². The van der Waals surface area contributed by atoms with Crippen LogP contribution in [0, 0.1) is 0 Å². The van der Waals surface area contributed by atoms with Crippen molar-refractivity contribution >= 4 is 107 Å². The maximum atomic E-state index is 2.51. The van der Waals surface area contributed by atoms with Gasteiger partial charge in [0.2, 0.25) is 0 Å². The predicted molar refractivity (Wildman–Crippen MR) is 579 cm³/mol. The van der Waals surface area contributed by atoms with E-state index in [1.165, 1.54) is 150 Å². The van der Waals surface area contributed by atoms with E-state index in [-0.39, 0.29) is 22.2 Å². The lowest BCUT2D eigenvalue weighted by molar-refractivity contribution is 0.652. The third-order valence-corrected chi connectivity index (χ3v) is 28.8. The van der Waals surface area contributed by atoms with Gasteiger partial charge in [-0.3, -0.25) is 0 Å². The van der Waals surface area contributed by atoms with Gasteiger partial charge < -0.3 is 24.5 Å². The van der Waals surface area contributed by atoms with E-state index in [0.29, 0.717) is 0 Å². The molecule has 25 rings (SSSR count). The van der Waals surface area contributed by atoms with Crippen LogP contribution in [-0.4, -0.2) is 0 Å². The van der Waals surface area contributed by atoms with Gasteiger partial charge in [-0.1, -0.05) is 369 Å². The lowest BCUT2D eigenvalue weighted by atomic mass is 9.79. The molecule has 656 valence electrons. The van der Waals surface area contributed by atoms with E-state index < -0.39 is 0 Å². The average molecular weight is 1760 g/mol. The molecule has 0 spiro atoms. The molecular weight excluding hydrogens is 1660 g/mol. The van der Waals surface area contributed by atoms with Crippen molar-refractivity contribution in [1.29, 1.82) is 0 Å². The Hall–Kier alpha value is -16.9. The predicted octanol–water partition coefficient (Wildman–Crippen LogP) is 36.5. The van der Waals surface area contributed by atoms with Crippen LogP contribution in [0.5, 0.6) is 0 Å². The third-order valence-electron chi connectivity index (χ3n) is 28.8. The summed E-state index contributed by atoms with van der Waals surface area (Å²) in [6, 6.07) is 185. The molecule has 0 heterocycles. The molecule has 0 fully saturated rings. The van der Waals surface area contributed by atoms with Crippen LogP contribution in [0.4, 0.5) is 85.3 Å². The highest BCUT2D eigenvalue weighted by atomic mass is 15.2. The topological polar surface area (TPSA) is 16.2 Å². The SMILES string of the molecule is CC1(C)c2cc(N(c3ccccc3)c3ccccc3)ccc2-c2cc3c(cc21)-c1ccc(N(c2ccccc2)c2ccccc2)cc1C3(C)C.CC1(C)c2ccccc2-c2cc(N(c3ccccc3)c3ccc4c(c3)-c3ccccc3C4c3ccccc3)ccc21.c1ccc(N(c2ccc(-c3ccc(N(c4ccccc4)c4cccc5ccccc45)cc3)cc2)c2cccc3ccccc23)cc1. The number of nitrogens with zero attached hydrogens (tertiary/aromatic N) is 5. The molecule has 0 radical (unpaired) electrons. The summed E-state index contributed by atoms with van der Waals surface area (Å²) in [7, 11) is 0. The van der Waals surface area contributed by atoms with E-state index in [1.807, 2.05) is 0 Å².